The highest BCUT2D eigenvalue weighted by Crippen LogP contribution is 2.22. The van der Waals surface area contributed by atoms with E-state index in [0.717, 1.165) is 13.1 Å². The number of ether oxygens (including phenoxy) is 1. The number of hydrogen-bond donors (Lipinski definition) is 1. The molecule has 1 fully saturated rings. The number of anilines is 2. The number of nitrogens with one attached hydrogen (secondary N) is 1. The fourth-order valence-corrected chi connectivity index (χ4v) is 2.92. The van der Waals surface area contributed by atoms with E-state index in [1.54, 1.807) is 0 Å². The summed E-state index contributed by atoms with van der Waals surface area (Å²) in [5.74, 6) is 0.125. The third-order valence-electron chi connectivity index (χ3n) is 4.29. The maximum absolute atomic E-state index is 12.0. The van der Waals surface area contributed by atoms with Gasteiger partial charge < -0.3 is 15.0 Å². The van der Waals surface area contributed by atoms with E-state index in [1.807, 2.05) is 24.3 Å². The molecule has 1 N–H and O–H groups in total. The molecule has 0 unspecified atom stereocenters. The van der Waals surface area contributed by atoms with Crippen molar-refractivity contribution in [3.8, 4) is 5.75 Å². The summed E-state index contributed by atoms with van der Waals surface area (Å²) in [5, 5.41) is 13.4. The van der Waals surface area contributed by atoms with Crippen molar-refractivity contribution < 1.29 is 14.5 Å². The number of benzene rings is 2. The fourth-order valence-electron chi connectivity index (χ4n) is 2.92. The maximum atomic E-state index is 12.0. The lowest BCUT2D eigenvalue weighted by Crippen LogP contribution is -2.29. The van der Waals surface area contributed by atoms with Crippen molar-refractivity contribution in [1.82, 2.24) is 0 Å². The molecule has 7 nitrogen and oxygen atoms in total. The lowest BCUT2D eigenvalue weighted by molar-refractivity contribution is -0.384. The molecule has 3 rings (SSSR count). The van der Waals surface area contributed by atoms with Crippen molar-refractivity contribution in [2.75, 3.05) is 29.9 Å². The topological polar surface area (TPSA) is 84.7 Å². The van der Waals surface area contributed by atoms with E-state index >= 15 is 0 Å². The standard InChI is InChI=1S/C19H21N3O4/c23-19(14-26-18-10-8-17(9-11-18)22(24)25)20-15-4-6-16(7-5-15)21-12-2-1-3-13-21/h4-11H,1-3,12-14H2,(H,20,23). The van der Waals surface area contributed by atoms with Gasteiger partial charge in [-0.3, -0.25) is 14.9 Å². The van der Waals surface area contributed by atoms with E-state index in [-0.39, 0.29) is 18.2 Å². The van der Waals surface area contributed by atoms with E-state index < -0.39 is 4.92 Å². The number of amides is 1. The molecule has 1 amide bonds. The summed E-state index contributed by atoms with van der Waals surface area (Å²) in [6, 6.07) is 13.4. The number of nitrogens with zero attached hydrogens (tertiary/aromatic N) is 2. The zero-order chi connectivity index (χ0) is 18.4. The average molecular weight is 355 g/mol. The lowest BCUT2D eigenvalue weighted by atomic mass is 10.1. The minimum absolute atomic E-state index is 0.0180. The first kappa shape index (κ1) is 17.7. The van der Waals surface area contributed by atoms with Gasteiger partial charge in [0.2, 0.25) is 0 Å². The number of nitro groups is 1. The van der Waals surface area contributed by atoms with Gasteiger partial charge in [0.05, 0.1) is 4.92 Å². The number of hydrogen-bond acceptors (Lipinski definition) is 5. The zero-order valence-electron chi connectivity index (χ0n) is 14.4. The molecule has 0 bridgehead atoms. The smallest absolute Gasteiger partial charge is 0.269 e. The van der Waals surface area contributed by atoms with Crippen LogP contribution in [0.2, 0.25) is 0 Å². The molecule has 0 saturated carbocycles. The van der Waals surface area contributed by atoms with Gasteiger partial charge in [-0.05, 0) is 55.7 Å². The van der Waals surface area contributed by atoms with Crippen molar-refractivity contribution in [2.24, 2.45) is 0 Å². The molecule has 136 valence electrons. The number of nitro benzene ring substituents is 1. The van der Waals surface area contributed by atoms with Crippen LogP contribution in [0.1, 0.15) is 19.3 Å². The highest BCUT2D eigenvalue weighted by molar-refractivity contribution is 5.92. The Balaban J connectivity index is 1.49. The highest BCUT2D eigenvalue weighted by atomic mass is 16.6. The Morgan fingerprint density at radius 1 is 1.04 bits per heavy atom. The Morgan fingerprint density at radius 3 is 2.31 bits per heavy atom. The summed E-state index contributed by atoms with van der Waals surface area (Å²) >= 11 is 0. The number of non-ortho nitro benzene ring substituents is 1. The van der Waals surface area contributed by atoms with Crippen LogP contribution in [-0.2, 0) is 4.79 Å². The Morgan fingerprint density at radius 2 is 1.69 bits per heavy atom. The van der Waals surface area contributed by atoms with Gasteiger partial charge in [0.25, 0.3) is 11.6 Å². The van der Waals surface area contributed by atoms with Crippen LogP contribution < -0.4 is 15.0 Å². The van der Waals surface area contributed by atoms with Crippen LogP contribution in [0.25, 0.3) is 0 Å². The normalized spacial score (nSPS) is 13.9. The predicted molar refractivity (Wildman–Crippen MR) is 99.7 cm³/mol. The predicted octanol–water partition coefficient (Wildman–Crippen LogP) is 3.60. The minimum Gasteiger partial charge on any atom is -0.484 e. The molecule has 0 spiro atoms. The fraction of sp³-hybridized carbons (Fsp3) is 0.316. The Labute approximate surface area is 151 Å². The molecule has 1 saturated heterocycles. The molecule has 7 heteroatoms. The van der Waals surface area contributed by atoms with E-state index in [0.29, 0.717) is 11.4 Å². The first-order valence-corrected chi connectivity index (χ1v) is 8.64. The van der Waals surface area contributed by atoms with Crippen LogP contribution in [0.3, 0.4) is 0 Å². The summed E-state index contributed by atoms with van der Waals surface area (Å²) in [5.41, 5.74) is 1.86. The quantitative estimate of drug-likeness (QED) is 0.632. The maximum Gasteiger partial charge on any atom is 0.269 e. The molecular weight excluding hydrogens is 334 g/mol. The molecule has 0 aliphatic carbocycles. The second kappa shape index (κ2) is 8.33. The summed E-state index contributed by atoms with van der Waals surface area (Å²) in [4.78, 5) is 24.5. The lowest BCUT2D eigenvalue weighted by Gasteiger charge is -2.28. The van der Waals surface area contributed by atoms with Gasteiger partial charge in [0.1, 0.15) is 5.75 Å². The van der Waals surface area contributed by atoms with Crippen molar-refractivity contribution in [3.05, 3.63) is 58.6 Å². The van der Waals surface area contributed by atoms with Crippen molar-refractivity contribution >= 4 is 23.0 Å². The number of carbonyl (C=O) groups is 1. The van der Waals surface area contributed by atoms with Crippen LogP contribution in [0, 0.1) is 10.1 Å². The summed E-state index contributed by atoms with van der Waals surface area (Å²) in [6.07, 6.45) is 3.73. The molecule has 1 aliphatic rings. The van der Waals surface area contributed by atoms with Gasteiger partial charge in [-0.1, -0.05) is 0 Å². The Hall–Kier alpha value is -3.09. The van der Waals surface area contributed by atoms with Crippen LogP contribution in [0.15, 0.2) is 48.5 Å². The molecule has 1 heterocycles. The van der Waals surface area contributed by atoms with Gasteiger partial charge in [-0.15, -0.1) is 0 Å². The molecular formula is C19H21N3O4. The molecule has 2 aromatic rings. The molecule has 26 heavy (non-hydrogen) atoms. The van der Waals surface area contributed by atoms with Crippen molar-refractivity contribution in [3.63, 3.8) is 0 Å². The molecule has 0 atom stereocenters. The van der Waals surface area contributed by atoms with Crippen LogP contribution >= 0.6 is 0 Å². The average Bonchev–Trinajstić information content (AvgIpc) is 2.68. The summed E-state index contributed by atoms with van der Waals surface area (Å²) in [6.45, 7) is 2.00. The number of piperidine rings is 1. The monoisotopic (exact) mass is 355 g/mol. The van der Waals surface area contributed by atoms with Gasteiger partial charge in [-0.25, -0.2) is 0 Å². The van der Waals surface area contributed by atoms with Crippen LogP contribution in [-0.4, -0.2) is 30.5 Å². The SMILES string of the molecule is O=C(COc1ccc([N+](=O)[O-])cc1)Nc1ccc(N2CCCCC2)cc1. The second-order valence-corrected chi connectivity index (χ2v) is 6.18. The molecule has 0 aromatic heterocycles. The molecule has 1 aliphatic heterocycles. The number of rotatable bonds is 6. The molecule has 2 aromatic carbocycles. The van der Waals surface area contributed by atoms with Crippen LogP contribution in [0.4, 0.5) is 17.1 Å². The highest BCUT2D eigenvalue weighted by Gasteiger charge is 2.11. The zero-order valence-corrected chi connectivity index (χ0v) is 14.4. The van der Waals surface area contributed by atoms with Gasteiger partial charge >= 0.3 is 0 Å². The Kier molecular flexibility index (Phi) is 5.68. The largest absolute Gasteiger partial charge is 0.484 e. The van der Waals surface area contributed by atoms with E-state index in [1.165, 1.54) is 49.2 Å². The summed E-state index contributed by atoms with van der Waals surface area (Å²) < 4.78 is 5.35. The van der Waals surface area contributed by atoms with Crippen molar-refractivity contribution in [2.45, 2.75) is 19.3 Å². The van der Waals surface area contributed by atoms with Gasteiger partial charge in [0, 0.05) is 36.6 Å². The van der Waals surface area contributed by atoms with Gasteiger partial charge in [0.15, 0.2) is 6.61 Å². The first-order valence-electron chi connectivity index (χ1n) is 8.64. The first-order chi connectivity index (χ1) is 12.6. The van der Waals surface area contributed by atoms with E-state index in [4.69, 9.17) is 4.74 Å². The number of carbonyl (C=O) groups excluding carboxylic acids is 1. The second-order valence-electron chi connectivity index (χ2n) is 6.18. The van der Waals surface area contributed by atoms with E-state index in [9.17, 15) is 14.9 Å². The van der Waals surface area contributed by atoms with Crippen molar-refractivity contribution in [1.29, 1.82) is 0 Å². The third-order valence-corrected chi connectivity index (χ3v) is 4.29. The Bertz CT molecular complexity index is 753. The van der Waals surface area contributed by atoms with Gasteiger partial charge in [-0.2, -0.15) is 0 Å². The van der Waals surface area contributed by atoms with Crippen LogP contribution in [0.5, 0.6) is 5.75 Å². The summed E-state index contributed by atoms with van der Waals surface area (Å²) in [7, 11) is 0. The minimum atomic E-state index is -0.482. The van der Waals surface area contributed by atoms with E-state index in [2.05, 4.69) is 10.2 Å². The molecule has 0 radical (unpaired) electrons. The third kappa shape index (κ3) is 4.72.